The topological polar surface area (TPSA) is 148 Å². The highest BCUT2D eigenvalue weighted by molar-refractivity contribution is 8.00. The van der Waals surface area contributed by atoms with Gasteiger partial charge in [-0.15, -0.1) is 3.63 Å². The number of fused-ring (bicyclic) bond motifs is 1. The molecule has 276 valence electrons. The van der Waals surface area contributed by atoms with E-state index in [1.54, 1.807) is 12.1 Å². The molecule has 0 unspecified atom stereocenters. The lowest BCUT2D eigenvalue weighted by Crippen LogP contribution is -2.38. The number of benzene rings is 2. The Balaban J connectivity index is 0.000000367. The van der Waals surface area contributed by atoms with Gasteiger partial charge in [0, 0.05) is 36.9 Å². The van der Waals surface area contributed by atoms with Crippen molar-refractivity contribution in [3.63, 3.8) is 0 Å². The van der Waals surface area contributed by atoms with Crippen LogP contribution in [0.5, 0.6) is 5.75 Å². The zero-order valence-corrected chi connectivity index (χ0v) is 27.0. The van der Waals surface area contributed by atoms with E-state index in [2.05, 4.69) is 9.08 Å². The van der Waals surface area contributed by atoms with Crippen LogP contribution in [0, 0.1) is 5.82 Å². The van der Waals surface area contributed by atoms with Gasteiger partial charge in [-0.25, -0.2) is 4.39 Å². The standard InChI is InChI=1S/C22H23F4N3O4S.C2F6O5S2/c1-27(2)16-8-9-28(13-16)20-6-3-15(12-19(20)23)29-10-7-14-11-17(4-5-18(14)21(29)30)33-34(31,32)22(24,25)26;3-1(4,5)14(9,10)13-15(11,12)2(6,7)8/h3-6,11-12,16H,7-10,13H2,1-2H3;/t16-;/m1./s1. The number of alkyl halides is 9. The van der Waals surface area contributed by atoms with Gasteiger partial charge in [0.05, 0.1) is 5.69 Å². The molecule has 2 aliphatic rings. The molecule has 0 radical (unpaired) electrons. The van der Waals surface area contributed by atoms with E-state index in [4.69, 9.17) is 0 Å². The molecule has 1 amide bonds. The number of halogens is 10. The maximum Gasteiger partial charge on any atom is 0.534 e. The predicted molar refractivity (Wildman–Crippen MR) is 149 cm³/mol. The molecule has 1 saturated heterocycles. The first-order chi connectivity index (χ1) is 22.1. The van der Waals surface area contributed by atoms with Crippen LogP contribution in [-0.4, -0.2) is 92.4 Å². The zero-order valence-electron chi connectivity index (χ0n) is 24.6. The lowest BCUT2D eigenvalue weighted by atomic mass is 9.98. The number of likely N-dealkylation sites (N-methyl/N-ethyl adjacent to an activating group) is 1. The first-order valence-corrected chi connectivity index (χ1v) is 17.3. The number of amides is 1. The molecule has 0 aromatic heterocycles. The minimum atomic E-state index is -6.85. The first kappa shape index (κ1) is 40.0. The molecule has 4 rings (SSSR count). The van der Waals surface area contributed by atoms with Gasteiger partial charge in [-0.1, -0.05) is 0 Å². The monoisotopic (exact) mass is 783 g/mol. The Kier molecular flexibility index (Phi) is 11.2. The summed E-state index contributed by atoms with van der Waals surface area (Å²) in [6.45, 7) is 1.57. The largest absolute Gasteiger partial charge is 0.534 e. The second-order valence-electron chi connectivity index (χ2n) is 10.4. The summed E-state index contributed by atoms with van der Waals surface area (Å²) >= 11 is 0. The molecule has 0 N–H and O–H groups in total. The van der Waals surface area contributed by atoms with Crippen molar-refractivity contribution in [2.24, 2.45) is 0 Å². The Hall–Kier alpha value is -3.42. The minimum absolute atomic E-state index is 0.145. The summed E-state index contributed by atoms with van der Waals surface area (Å²) in [5.41, 5.74) is -16.7. The van der Waals surface area contributed by atoms with Gasteiger partial charge in [-0.3, -0.25) is 4.79 Å². The van der Waals surface area contributed by atoms with E-state index in [9.17, 15) is 74.0 Å². The van der Waals surface area contributed by atoms with Crippen LogP contribution in [0.2, 0.25) is 0 Å². The van der Waals surface area contributed by atoms with Crippen LogP contribution in [0.1, 0.15) is 22.3 Å². The maximum atomic E-state index is 15.0. The fourth-order valence-electron chi connectivity index (χ4n) is 4.43. The van der Waals surface area contributed by atoms with Crippen molar-refractivity contribution < 1.29 is 81.8 Å². The average molecular weight is 784 g/mol. The first-order valence-electron chi connectivity index (χ1n) is 13.1. The summed E-state index contributed by atoms with van der Waals surface area (Å²) < 4.78 is 189. The third kappa shape index (κ3) is 9.04. The molecular weight excluding hydrogens is 760 g/mol. The molecular formula is C24H23F10N3O9S3. The van der Waals surface area contributed by atoms with E-state index in [0.717, 1.165) is 25.1 Å². The van der Waals surface area contributed by atoms with Crippen molar-refractivity contribution in [3.05, 3.63) is 53.3 Å². The molecule has 2 aliphatic heterocycles. The highest BCUT2D eigenvalue weighted by Gasteiger charge is 2.57. The van der Waals surface area contributed by atoms with Crippen LogP contribution in [0.15, 0.2) is 36.4 Å². The van der Waals surface area contributed by atoms with Crippen LogP contribution in [0.25, 0.3) is 0 Å². The summed E-state index contributed by atoms with van der Waals surface area (Å²) in [6.07, 6.45) is 1.15. The Labute approximate surface area is 272 Å². The fraction of sp³-hybridized carbons (Fsp3) is 0.458. The van der Waals surface area contributed by atoms with Crippen molar-refractivity contribution in [2.45, 2.75) is 35.4 Å². The summed E-state index contributed by atoms with van der Waals surface area (Å²) in [5, 5.41) is 0. The molecule has 0 aliphatic carbocycles. The van der Waals surface area contributed by atoms with Crippen LogP contribution in [0.3, 0.4) is 0 Å². The molecule has 0 saturated carbocycles. The minimum Gasteiger partial charge on any atom is -0.376 e. The van der Waals surface area contributed by atoms with Crippen LogP contribution < -0.4 is 14.0 Å². The second kappa shape index (κ2) is 13.7. The molecule has 49 heavy (non-hydrogen) atoms. The molecule has 0 bridgehead atoms. The number of carbonyl (C=O) groups is 1. The molecule has 2 aromatic rings. The van der Waals surface area contributed by atoms with E-state index < -0.39 is 64.4 Å². The zero-order chi connectivity index (χ0) is 37.5. The quantitative estimate of drug-likeness (QED) is 0.227. The van der Waals surface area contributed by atoms with E-state index in [1.807, 2.05) is 22.6 Å². The Bertz CT molecular complexity index is 1860. The van der Waals surface area contributed by atoms with E-state index in [0.29, 0.717) is 29.5 Å². The van der Waals surface area contributed by atoms with E-state index >= 15 is 0 Å². The lowest BCUT2D eigenvalue weighted by Gasteiger charge is -2.29. The highest BCUT2D eigenvalue weighted by Crippen LogP contribution is 2.34. The lowest BCUT2D eigenvalue weighted by molar-refractivity contribution is -0.0586. The number of hydrogen-bond donors (Lipinski definition) is 0. The Morgan fingerprint density at radius 3 is 1.80 bits per heavy atom. The second-order valence-corrected chi connectivity index (χ2v) is 15.2. The van der Waals surface area contributed by atoms with Gasteiger partial charge in [0.2, 0.25) is 0 Å². The number of hydrogen-bond acceptors (Lipinski definition) is 11. The molecule has 12 nitrogen and oxygen atoms in total. The van der Waals surface area contributed by atoms with Gasteiger partial charge < -0.3 is 18.9 Å². The van der Waals surface area contributed by atoms with Gasteiger partial charge in [0.25, 0.3) is 5.91 Å². The predicted octanol–water partition coefficient (Wildman–Crippen LogP) is 4.10. The van der Waals surface area contributed by atoms with Gasteiger partial charge in [0.1, 0.15) is 11.6 Å². The third-order valence-electron chi connectivity index (χ3n) is 6.87. The van der Waals surface area contributed by atoms with Gasteiger partial charge in [-0.05, 0) is 68.9 Å². The molecule has 0 spiro atoms. The molecule has 1 fully saturated rings. The molecule has 25 heteroatoms. The summed E-state index contributed by atoms with van der Waals surface area (Å²) in [7, 11) is -15.5. The van der Waals surface area contributed by atoms with Crippen molar-refractivity contribution in [1.82, 2.24) is 4.90 Å². The number of carbonyl (C=O) groups excluding carboxylic acids is 1. The van der Waals surface area contributed by atoms with Crippen molar-refractivity contribution in [3.8, 4) is 5.75 Å². The Morgan fingerprint density at radius 2 is 1.33 bits per heavy atom. The number of rotatable bonds is 7. The maximum absolute atomic E-state index is 15.0. The normalized spacial score (nSPS) is 17.9. The molecule has 1 atom stereocenters. The summed E-state index contributed by atoms with van der Waals surface area (Å²) in [5.74, 6) is -1.45. The number of nitrogens with zero attached hydrogens (tertiary/aromatic N) is 3. The van der Waals surface area contributed by atoms with E-state index in [1.165, 1.54) is 17.0 Å². The Morgan fingerprint density at radius 1 is 0.776 bits per heavy atom. The molecule has 2 heterocycles. The van der Waals surface area contributed by atoms with Crippen molar-refractivity contribution >= 4 is 47.6 Å². The highest BCUT2D eigenvalue weighted by atomic mass is 32.3. The number of anilines is 2. The van der Waals surface area contributed by atoms with Gasteiger partial charge in [-0.2, -0.15) is 64.8 Å². The fourth-order valence-corrected chi connectivity index (χ4v) is 6.45. The summed E-state index contributed by atoms with van der Waals surface area (Å²) in [6, 6.07) is 8.24. The van der Waals surface area contributed by atoms with Gasteiger partial charge in [0.15, 0.2) is 0 Å². The summed E-state index contributed by atoms with van der Waals surface area (Å²) in [4.78, 5) is 18.4. The van der Waals surface area contributed by atoms with Crippen LogP contribution in [0.4, 0.5) is 55.3 Å². The SMILES string of the molecule is CN(C)[C@@H]1CCN(c2ccc(N3CCc4cc(OS(=O)(=O)C(F)(F)F)ccc4C3=O)cc2F)C1.O=S(=O)(OS(=O)(=O)C(F)(F)F)C(F)(F)F. The van der Waals surface area contributed by atoms with Crippen LogP contribution in [-0.2, 0) is 40.4 Å². The van der Waals surface area contributed by atoms with Crippen LogP contribution >= 0.6 is 0 Å². The average Bonchev–Trinajstić information content (AvgIpc) is 3.41. The van der Waals surface area contributed by atoms with Crippen molar-refractivity contribution in [1.29, 1.82) is 0 Å². The van der Waals surface area contributed by atoms with E-state index in [-0.39, 0.29) is 18.5 Å². The van der Waals surface area contributed by atoms with Crippen molar-refractivity contribution in [2.75, 3.05) is 43.5 Å². The molecule has 2 aromatic carbocycles. The van der Waals surface area contributed by atoms with Gasteiger partial charge >= 0.3 is 46.9 Å². The third-order valence-corrected chi connectivity index (χ3v) is 10.4. The smallest absolute Gasteiger partial charge is 0.376 e.